The molecule has 0 spiro atoms. The predicted molar refractivity (Wildman–Crippen MR) is 104 cm³/mol. The number of amides is 1. The third-order valence-electron chi connectivity index (χ3n) is 6.64. The number of carbonyl (C=O) groups is 3. The van der Waals surface area contributed by atoms with Crippen LogP contribution in [0.4, 0.5) is 5.69 Å². The van der Waals surface area contributed by atoms with E-state index in [1.807, 2.05) is 0 Å². The van der Waals surface area contributed by atoms with Crippen molar-refractivity contribution in [2.24, 2.45) is 17.6 Å². The first-order valence-electron chi connectivity index (χ1n) is 9.46. The Morgan fingerprint density at radius 1 is 1.22 bits per heavy atom. The van der Waals surface area contributed by atoms with Crippen LogP contribution >= 0.6 is 0 Å². The van der Waals surface area contributed by atoms with Gasteiger partial charge < -0.3 is 31.3 Å². The Balaban J connectivity index is 2.05. The Hall–Kier alpha value is -3.77. The van der Waals surface area contributed by atoms with E-state index >= 15 is 0 Å². The summed E-state index contributed by atoms with van der Waals surface area (Å²) in [4.78, 5) is 48.1. The zero-order valence-electron chi connectivity index (χ0n) is 16.5. The lowest BCUT2D eigenvalue weighted by molar-refractivity contribution is -0.386. The summed E-state index contributed by atoms with van der Waals surface area (Å²) in [5, 5.41) is 65.6. The number of carbonyl (C=O) groups excluding carboxylic acids is 3. The fourth-order valence-corrected chi connectivity index (χ4v) is 5.13. The van der Waals surface area contributed by atoms with Gasteiger partial charge in [-0.2, -0.15) is 0 Å². The van der Waals surface area contributed by atoms with Crippen molar-refractivity contribution >= 4 is 28.9 Å². The van der Waals surface area contributed by atoms with Gasteiger partial charge >= 0.3 is 0 Å². The van der Waals surface area contributed by atoms with Crippen LogP contribution in [0.25, 0.3) is 5.76 Å². The van der Waals surface area contributed by atoms with Crippen LogP contribution < -0.4 is 5.73 Å². The van der Waals surface area contributed by atoms with Crippen molar-refractivity contribution in [3.8, 4) is 5.75 Å². The van der Waals surface area contributed by atoms with Crippen LogP contribution in [-0.4, -0.2) is 53.5 Å². The number of phenols is 1. The zero-order valence-corrected chi connectivity index (χ0v) is 16.5. The van der Waals surface area contributed by atoms with Crippen molar-refractivity contribution in [3.63, 3.8) is 0 Å². The number of primary amides is 1. The number of phenolic OH excluding ortho intramolecular Hbond substituents is 1. The molecule has 1 fully saturated rings. The number of Topliss-reactive ketones (excluding diaryl/α,β-unsaturated/α-hetero) is 2. The molecular formula is C20H18N2O10. The first kappa shape index (κ1) is 21.5. The molecule has 32 heavy (non-hydrogen) atoms. The second-order valence-electron chi connectivity index (χ2n) is 8.32. The maximum atomic E-state index is 13.4. The summed E-state index contributed by atoms with van der Waals surface area (Å²) >= 11 is 0. The molecule has 4 atom stereocenters. The Bertz CT molecular complexity index is 1210. The van der Waals surface area contributed by atoms with E-state index in [0.717, 1.165) is 19.1 Å². The molecular weight excluding hydrogens is 428 g/mol. The van der Waals surface area contributed by atoms with Gasteiger partial charge in [0.05, 0.1) is 16.1 Å². The number of nitrogens with two attached hydrogens (primary N) is 1. The van der Waals surface area contributed by atoms with Crippen molar-refractivity contribution in [2.75, 3.05) is 0 Å². The highest BCUT2D eigenvalue weighted by Gasteiger charge is 2.64. The molecule has 12 heteroatoms. The lowest BCUT2D eigenvalue weighted by atomic mass is 9.55. The van der Waals surface area contributed by atoms with Gasteiger partial charge in [-0.1, -0.05) is 0 Å². The molecule has 1 amide bonds. The van der Waals surface area contributed by atoms with Crippen LogP contribution in [0.3, 0.4) is 0 Å². The number of fused-ring (bicyclic) bond motifs is 3. The third kappa shape index (κ3) is 2.41. The molecule has 3 aliphatic rings. The highest BCUT2D eigenvalue weighted by Crippen LogP contribution is 2.58. The number of nitro benzene ring substituents is 1. The zero-order chi connectivity index (χ0) is 23.9. The van der Waals surface area contributed by atoms with Crippen LogP contribution in [-0.2, 0) is 20.0 Å². The molecule has 3 aliphatic carbocycles. The second kappa shape index (κ2) is 6.37. The summed E-state index contributed by atoms with van der Waals surface area (Å²) in [7, 11) is 0. The quantitative estimate of drug-likeness (QED) is 0.203. The Labute approximate surface area is 179 Å². The molecule has 4 rings (SSSR count). The van der Waals surface area contributed by atoms with Gasteiger partial charge in [-0.25, -0.2) is 0 Å². The van der Waals surface area contributed by atoms with Crippen molar-refractivity contribution in [2.45, 2.75) is 31.0 Å². The minimum absolute atomic E-state index is 0.372. The maximum absolute atomic E-state index is 13.4. The highest BCUT2D eigenvalue weighted by atomic mass is 16.6. The fourth-order valence-electron chi connectivity index (χ4n) is 5.13. The van der Waals surface area contributed by atoms with Gasteiger partial charge in [0.15, 0.2) is 11.4 Å². The number of nitrogens with zero attached hydrogens (tertiary/aromatic N) is 1. The smallest absolute Gasteiger partial charge is 0.276 e. The van der Waals surface area contributed by atoms with Crippen molar-refractivity contribution in [1.82, 2.24) is 0 Å². The van der Waals surface area contributed by atoms with E-state index in [2.05, 4.69) is 0 Å². The van der Waals surface area contributed by atoms with Crippen molar-refractivity contribution in [1.29, 1.82) is 0 Å². The molecule has 0 radical (unpaired) electrons. The summed E-state index contributed by atoms with van der Waals surface area (Å²) in [5.41, 5.74) is -3.08. The first-order valence-corrected chi connectivity index (χ1v) is 9.46. The minimum Gasteiger partial charge on any atom is -0.508 e. The van der Waals surface area contributed by atoms with Crippen LogP contribution in [0.1, 0.15) is 30.9 Å². The SMILES string of the molecule is CC1(O)c2c([N+](=O)[O-])ccc(O)c2C(O)=C2C(=O)[C@]3(O)C(O)=C(C(N)=O)C(=O)C[C@@H]3C[C@@H]21. The van der Waals surface area contributed by atoms with Gasteiger partial charge in [0, 0.05) is 29.9 Å². The van der Waals surface area contributed by atoms with Gasteiger partial charge in [0.25, 0.3) is 11.6 Å². The first-order chi connectivity index (χ1) is 14.8. The average Bonchev–Trinajstić information content (AvgIpc) is 2.68. The van der Waals surface area contributed by atoms with Crippen LogP contribution in [0.5, 0.6) is 5.75 Å². The number of rotatable bonds is 2. The third-order valence-corrected chi connectivity index (χ3v) is 6.64. The molecule has 12 nitrogen and oxygen atoms in total. The van der Waals surface area contributed by atoms with Gasteiger partial charge in [-0.3, -0.25) is 24.5 Å². The van der Waals surface area contributed by atoms with Gasteiger partial charge in [-0.05, 0) is 19.4 Å². The largest absolute Gasteiger partial charge is 0.508 e. The van der Waals surface area contributed by atoms with Crippen molar-refractivity contribution < 1.29 is 44.8 Å². The predicted octanol–water partition coefficient (Wildman–Crippen LogP) is -0.00290. The van der Waals surface area contributed by atoms with Crippen LogP contribution in [0.15, 0.2) is 29.0 Å². The molecule has 168 valence electrons. The summed E-state index contributed by atoms with van der Waals surface area (Å²) in [6.45, 7) is 1.14. The number of aromatic hydroxyl groups is 1. The van der Waals surface area contributed by atoms with Crippen LogP contribution in [0.2, 0.25) is 0 Å². The lowest BCUT2D eigenvalue weighted by Gasteiger charge is -2.49. The van der Waals surface area contributed by atoms with E-state index in [9.17, 15) is 50.0 Å². The standard InChI is InChI=1S/C20H18N2O10/c1-19(29)7-4-6-5-10(24)13(18(21)28)17(27)20(6,30)16(26)11(7)15(25)12-9(23)3-2-8(14(12)19)22(31)32/h2-3,6-7,23,25,27,29-30H,4-5H2,1H3,(H2,21,28)/t6-,7-,19?,20-/m0/s1. The van der Waals surface area contributed by atoms with Crippen molar-refractivity contribution in [3.05, 3.63) is 50.3 Å². The average molecular weight is 446 g/mol. The molecule has 1 unspecified atom stereocenters. The highest BCUT2D eigenvalue weighted by molar-refractivity contribution is 6.22. The molecule has 0 heterocycles. The molecule has 1 aromatic rings. The number of benzene rings is 1. The molecule has 1 aromatic carbocycles. The lowest BCUT2D eigenvalue weighted by Crippen LogP contribution is -2.60. The monoisotopic (exact) mass is 446 g/mol. The molecule has 0 saturated heterocycles. The number of aliphatic hydroxyl groups is 4. The minimum atomic E-state index is -2.80. The number of hydrogen-bond acceptors (Lipinski definition) is 10. The Morgan fingerprint density at radius 3 is 2.41 bits per heavy atom. The summed E-state index contributed by atoms with van der Waals surface area (Å²) < 4.78 is 0. The molecule has 0 bridgehead atoms. The summed E-state index contributed by atoms with van der Waals surface area (Å²) in [5.74, 6) is -9.14. The normalized spacial score (nSPS) is 31.7. The molecule has 0 aromatic heterocycles. The summed E-state index contributed by atoms with van der Waals surface area (Å²) in [6, 6.07) is 1.83. The Kier molecular flexibility index (Phi) is 4.27. The molecule has 1 saturated carbocycles. The van der Waals surface area contributed by atoms with Gasteiger partial charge in [0.1, 0.15) is 28.4 Å². The topological polar surface area (TPSA) is 222 Å². The van der Waals surface area contributed by atoms with Gasteiger partial charge in [-0.15, -0.1) is 0 Å². The number of aliphatic hydroxyl groups excluding tert-OH is 2. The molecule has 7 N–H and O–H groups in total. The maximum Gasteiger partial charge on any atom is 0.276 e. The van der Waals surface area contributed by atoms with E-state index < -0.39 is 97.1 Å². The van der Waals surface area contributed by atoms with E-state index in [1.54, 1.807) is 0 Å². The van der Waals surface area contributed by atoms with E-state index in [4.69, 9.17) is 5.73 Å². The number of hydrogen-bond donors (Lipinski definition) is 6. The number of nitro groups is 1. The fraction of sp³-hybridized carbons (Fsp3) is 0.350. The Morgan fingerprint density at radius 2 is 1.84 bits per heavy atom. The number of ketones is 2. The van der Waals surface area contributed by atoms with Crippen LogP contribution in [0, 0.1) is 22.0 Å². The van der Waals surface area contributed by atoms with E-state index in [-0.39, 0.29) is 6.42 Å². The van der Waals surface area contributed by atoms with E-state index in [1.165, 1.54) is 0 Å². The van der Waals surface area contributed by atoms with E-state index in [0.29, 0.717) is 0 Å². The molecule has 0 aliphatic heterocycles. The summed E-state index contributed by atoms with van der Waals surface area (Å²) in [6.07, 6.45) is -0.955. The van der Waals surface area contributed by atoms with Gasteiger partial charge in [0.2, 0.25) is 5.78 Å². The second-order valence-corrected chi connectivity index (χ2v) is 8.32.